The zero-order valence-electron chi connectivity index (χ0n) is 15.5. The van der Waals surface area contributed by atoms with Crippen molar-refractivity contribution in [3.63, 3.8) is 0 Å². The summed E-state index contributed by atoms with van der Waals surface area (Å²) in [5.41, 5.74) is 2.83. The standard InChI is InChI=1S/C21H19N3O4/c1-26-17-6-4-3-5-14(17)12-28-18-8-7-13(9-19(18)27-2)15-10-20(25)23-21-16(15)11-22-24-21/h3-11H,12H2,1-2H3,(H2,22,23,24,25). The van der Waals surface area contributed by atoms with Gasteiger partial charge in [0.1, 0.15) is 12.4 Å². The number of fused-ring (bicyclic) bond motifs is 1. The third-order valence-electron chi connectivity index (χ3n) is 4.50. The van der Waals surface area contributed by atoms with Gasteiger partial charge in [0.15, 0.2) is 17.1 Å². The Morgan fingerprint density at radius 1 is 0.964 bits per heavy atom. The number of nitrogens with one attached hydrogen (secondary N) is 2. The first kappa shape index (κ1) is 17.7. The fourth-order valence-corrected chi connectivity index (χ4v) is 3.12. The van der Waals surface area contributed by atoms with E-state index in [4.69, 9.17) is 14.2 Å². The first-order valence-electron chi connectivity index (χ1n) is 8.69. The molecule has 0 atom stereocenters. The molecule has 0 aliphatic rings. The summed E-state index contributed by atoms with van der Waals surface area (Å²) in [7, 11) is 3.21. The maximum Gasteiger partial charge on any atom is 0.250 e. The van der Waals surface area contributed by atoms with Gasteiger partial charge in [-0.25, -0.2) is 0 Å². The van der Waals surface area contributed by atoms with Crippen LogP contribution < -0.4 is 19.8 Å². The summed E-state index contributed by atoms with van der Waals surface area (Å²) in [5, 5.41) is 7.66. The fourth-order valence-electron chi connectivity index (χ4n) is 3.12. The van der Waals surface area contributed by atoms with Crippen LogP contribution in [-0.2, 0) is 6.61 Å². The van der Waals surface area contributed by atoms with Gasteiger partial charge in [0.05, 0.1) is 14.2 Å². The van der Waals surface area contributed by atoms with Gasteiger partial charge in [-0.05, 0) is 29.3 Å². The Kier molecular flexibility index (Phi) is 4.72. The predicted molar refractivity (Wildman–Crippen MR) is 106 cm³/mol. The van der Waals surface area contributed by atoms with Gasteiger partial charge in [0.2, 0.25) is 5.56 Å². The molecule has 0 saturated carbocycles. The van der Waals surface area contributed by atoms with Crippen molar-refractivity contribution < 1.29 is 14.2 Å². The van der Waals surface area contributed by atoms with Gasteiger partial charge < -0.3 is 19.2 Å². The molecule has 7 heteroatoms. The highest BCUT2D eigenvalue weighted by Gasteiger charge is 2.12. The number of ether oxygens (including phenoxy) is 3. The number of aromatic nitrogens is 3. The Balaban J connectivity index is 1.66. The minimum Gasteiger partial charge on any atom is -0.496 e. The third-order valence-corrected chi connectivity index (χ3v) is 4.50. The maximum atomic E-state index is 11.9. The van der Waals surface area contributed by atoms with Crippen LogP contribution in [-0.4, -0.2) is 29.4 Å². The number of H-pyrrole nitrogens is 2. The molecule has 2 N–H and O–H groups in total. The second-order valence-electron chi connectivity index (χ2n) is 6.16. The highest BCUT2D eigenvalue weighted by molar-refractivity contribution is 5.92. The number of aromatic amines is 2. The summed E-state index contributed by atoms with van der Waals surface area (Å²) in [5.74, 6) is 1.94. The lowest BCUT2D eigenvalue weighted by atomic mass is 10.0. The second-order valence-corrected chi connectivity index (χ2v) is 6.16. The van der Waals surface area contributed by atoms with Crippen molar-refractivity contribution in [2.24, 2.45) is 0 Å². The minimum absolute atomic E-state index is 0.218. The minimum atomic E-state index is -0.218. The molecule has 0 fully saturated rings. The summed E-state index contributed by atoms with van der Waals surface area (Å²) in [4.78, 5) is 14.6. The zero-order valence-corrected chi connectivity index (χ0v) is 15.5. The van der Waals surface area contributed by atoms with Crippen molar-refractivity contribution in [1.82, 2.24) is 15.2 Å². The normalized spacial score (nSPS) is 10.8. The lowest BCUT2D eigenvalue weighted by molar-refractivity contribution is 0.278. The highest BCUT2D eigenvalue weighted by Crippen LogP contribution is 2.35. The molecule has 0 radical (unpaired) electrons. The molecule has 2 aromatic heterocycles. The molecule has 0 amide bonds. The van der Waals surface area contributed by atoms with Crippen molar-refractivity contribution in [2.75, 3.05) is 14.2 Å². The van der Waals surface area contributed by atoms with E-state index in [0.717, 1.165) is 27.8 Å². The van der Waals surface area contributed by atoms with E-state index in [9.17, 15) is 4.79 Å². The summed E-state index contributed by atoms with van der Waals surface area (Å²) in [6.07, 6.45) is 1.75. The molecule has 0 saturated heterocycles. The summed E-state index contributed by atoms with van der Waals surface area (Å²) in [6, 6.07) is 14.8. The van der Waals surface area contributed by atoms with E-state index in [1.54, 1.807) is 26.5 Å². The Bertz CT molecular complexity index is 1180. The highest BCUT2D eigenvalue weighted by atomic mass is 16.5. The number of pyridine rings is 1. The molecule has 0 unspecified atom stereocenters. The molecule has 7 nitrogen and oxygen atoms in total. The zero-order chi connectivity index (χ0) is 19.5. The summed E-state index contributed by atoms with van der Waals surface area (Å²) in [6.45, 7) is 0.344. The Morgan fingerprint density at radius 2 is 1.79 bits per heavy atom. The molecule has 2 heterocycles. The van der Waals surface area contributed by atoms with Crippen LogP contribution in [0.2, 0.25) is 0 Å². The van der Waals surface area contributed by atoms with E-state index in [1.807, 2.05) is 42.5 Å². The Hall–Kier alpha value is -3.74. The van der Waals surface area contributed by atoms with E-state index in [2.05, 4.69) is 15.2 Å². The number of hydrogen-bond donors (Lipinski definition) is 2. The molecular weight excluding hydrogens is 358 g/mol. The fraction of sp³-hybridized carbons (Fsp3) is 0.143. The number of nitrogens with zero attached hydrogens (tertiary/aromatic N) is 1. The molecule has 0 aliphatic carbocycles. The number of rotatable bonds is 6. The van der Waals surface area contributed by atoms with E-state index < -0.39 is 0 Å². The van der Waals surface area contributed by atoms with Crippen molar-refractivity contribution in [3.8, 4) is 28.4 Å². The Labute approximate surface area is 160 Å². The van der Waals surface area contributed by atoms with Crippen LogP contribution in [0.5, 0.6) is 17.2 Å². The van der Waals surface area contributed by atoms with Crippen LogP contribution in [0.25, 0.3) is 22.2 Å². The molecule has 4 aromatic rings. The first-order chi connectivity index (χ1) is 13.7. The van der Waals surface area contributed by atoms with E-state index in [1.165, 1.54) is 0 Å². The molecule has 0 spiro atoms. The molecule has 28 heavy (non-hydrogen) atoms. The van der Waals surface area contributed by atoms with Gasteiger partial charge in [0.25, 0.3) is 0 Å². The monoisotopic (exact) mass is 377 g/mol. The number of para-hydroxylation sites is 1. The topological polar surface area (TPSA) is 89.2 Å². The molecule has 2 aromatic carbocycles. The smallest absolute Gasteiger partial charge is 0.250 e. The number of hydrogen-bond acceptors (Lipinski definition) is 5. The maximum absolute atomic E-state index is 11.9. The second kappa shape index (κ2) is 7.48. The van der Waals surface area contributed by atoms with Crippen LogP contribution in [0.3, 0.4) is 0 Å². The molecular formula is C21H19N3O4. The van der Waals surface area contributed by atoms with Crippen LogP contribution in [0.1, 0.15) is 5.56 Å². The van der Waals surface area contributed by atoms with Gasteiger partial charge in [-0.3, -0.25) is 9.89 Å². The van der Waals surface area contributed by atoms with Crippen LogP contribution in [0.15, 0.2) is 59.5 Å². The number of methoxy groups -OCH3 is 2. The summed E-state index contributed by atoms with van der Waals surface area (Å²) < 4.78 is 16.8. The van der Waals surface area contributed by atoms with Gasteiger partial charge in [-0.1, -0.05) is 24.3 Å². The average Bonchev–Trinajstić information content (AvgIpc) is 3.20. The predicted octanol–water partition coefficient (Wildman–Crippen LogP) is 3.51. The largest absolute Gasteiger partial charge is 0.496 e. The van der Waals surface area contributed by atoms with E-state index in [0.29, 0.717) is 23.8 Å². The van der Waals surface area contributed by atoms with E-state index in [-0.39, 0.29) is 5.56 Å². The van der Waals surface area contributed by atoms with Gasteiger partial charge in [-0.2, -0.15) is 5.10 Å². The van der Waals surface area contributed by atoms with Crippen LogP contribution >= 0.6 is 0 Å². The lowest BCUT2D eigenvalue weighted by Crippen LogP contribution is -2.04. The molecule has 0 bridgehead atoms. The molecule has 0 aliphatic heterocycles. The number of benzene rings is 2. The first-order valence-corrected chi connectivity index (χ1v) is 8.69. The lowest BCUT2D eigenvalue weighted by Gasteiger charge is -2.14. The van der Waals surface area contributed by atoms with Gasteiger partial charge in [-0.15, -0.1) is 0 Å². The quantitative estimate of drug-likeness (QED) is 0.537. The van der Waals surface area contributed by atoms with Gasteiger partial charge >= 0.3 is 0 Å². The Morgan fingerprint density at radius 3 is 2.61 bits per heavy atom. The molecule has 4 rings (SSSR count). The van der Waals surface area contributed by atoms with Crippen molar-refractivity contribution in [3.05, 3.63) is 70.6 Å². The van der Waals surface area contributed by atoms with Crippen molar-refractivity contribution >= 4 is 11.0 Å². The van der Waals surface area contributed by atoms with Crippen molar-refractivity contribution in [1.29, 1.82) is 0 Å². The van der Waals surface area contributed by atoms with E-state index >= 15 is 0 Å². The van der Waals surface area contributed by atoms with Crippen LogP contribution in [0, 0.1) is 0 Å². The third kappa shape index (κ3) is 3.29. The van der Waals surface area contributed by atoms with Crippen LogP contribution in [0.4, 0.5) is 0 Å². The SMILES string of the molecule is COc1ccccc1COc1ccc(-c2cc(=O)[nH]c3n[nH]cc23)cc1OC. The molecule has 142 valence electrons. The van der Waals surface area contributed by atoms with Crippen molar-refractivity contribution in [2.45, 2.75) is 6.61 Å². The average molecular weight is 377 g/mol. The van der Waals surface area contributed by atoms with Gasteiger partial charge in [0, 0.05) is 23.2 Å². The summed E-state index contributed by atoms with van der Waals surface area (Å²) >= 11 is 0.